The third-order valence-corrected chi connectivity index (χ3v) is 3.51. The minimum atomic E-state index is 0. The first-order chi connectivity index (χ1) is 11.8. The molecule has 25 heavy (non-hydrogen) atoms. The largest absolute Gasteiger partial charge is 0.497 e. The Balaban J connectivity index is 0.00000312. The van der Waals surface area contributed by atoms with Crippen LogP contribution in [0.25, 0.3) is 0 Å². The fourth-order valence-electron chi connectivity index (χ4n) is 2.18. The van der Waals surface area contributed by atoms with Crippen LogP contribution in [0.2, 0.25) is 0 Å². The summed E-state index contributed by atoms with van der Waals surface area (Å²) in [7, 11) is 1.65. The quantitative estimate of drug-likeness (QED) is 0.264. The van der Waals surface area contributed by atoms with Crippen molar-refractivity contribution in [2.75, 3.05) is 26.8 Å². The lowest BCUT2D eigenvalue weighted by Crippen LogP contribution is -2.33. The zero-order valence-electron chi connectivity index (χ0n) is 14.5. The van der Waals surface area contributed by atoms with Crippen molar-refractivity contribution in [3.63, 3.8) is 0 Å². The van der Waals surface area contributed by atoms with Gasteiger partial charge >= 0.3 is 0 Å². The Morgan fingerprint density at radius 3 is 2.44 bits per heavy atom. The van der Waals surface area contributed by atoms with Gasteiger partial charge in [-0.15, -0.1) is 24.0 Å². The van der Waals surface area contributed by atoms with Gasteiger partial charge in [-0.1, -0.05) is 42.5 Å². The van der Waals surface area contributed by atoms with Crippen LogP contribution in [0.15, 0.2) is 59.6 Å². The van der Waals surface area contributed by atoms with Crippen molar-refractivity contribution >= 4 is 29.9 Å². The molecular formula is C19H26IN3O2. The standard InChI is InChI=1S/C19H25N3O2.HI/c1-23-18-9-7-17(8-10-18)15-24-14-13-22-19(20)21-12-11-16-5-3-2-4-6-16;/h2-10H,11-15H2,1H3,(H3,20,21,22);1H. The molecule has 0 amide bonds. The van der Waals surface area contributed by atoms with Gasteiger partial charge in [0.1, 0.15) is 5.75 Å². The van der Waals surface area contributed by atoms with E-state index in [0.717, 1.165) is 24.3 Å². The third-order valence-electron chi connectivity index (χ3n) is 3.51. The van der Waals surface area contributed by atoms with E-state index < -0.39 is 0 Å². The average molecular weight is 455 g/mol. The van der Waals surface area contributed by atoms with Crippen molar-refractivity contribution in [2.24, 2.45) is 10.7 Å². The summed E-state index contributed by atoms with van der Waals surface area (Å²) < 4.78 is 10.7. The van der Waals surface area contributed by atoms with Gasteiger partial charge in [0.2, 0.25) is 0 Å². The molecule has 0 bridgehead atoms. The minimum absolute atomic E-state index is 0. The summed E-state index contributed by atoms with van der Waals surface area (Å²) in [5, 5.41) is 3.11. The van der Waals surface area contributed by atoms with E-state index >= 15 is 0 Å². The molecule has 3 N–H and O–H groups in total. The van der Waals surface area contributed by atoms with Crippen molar-refractivity contribution in [3.8, 4) is 5.75 Å². The maximum Gasteiger partial charge on any atom is 0.188 e. The van der Waals surface area contributed by atoms with Crippen molar-refractivity contribution in [3.05, 3.63) is 65.7 Å². The van der Waals surface area contributed by atoms with Crippen LogP contribution in [-0.4, -0.2) is 32.8 Å². The second-order valence-electron chi connectivity index (χ2n) is 5.33. The summed E-state index contributed by atoms with van der Waals surface area (Å²) in [6.45, 7) is 2.40. The molecule has 5 nitrogen and oxygen atoms in total. The van der Waals surface area contributed by atoms with Gasteiger partial charge in [0.05, 0.1) is 26.9 Å². The first kappa shape index (κ1) is 21.2. The Morgan fingerprint density at radius 2 is 1.76 bits per heavy atom. The monoisotopic (exact) mass is 455 g/mol. The van der Waals surface area contributed by atoms with Crippen LogP contribution in [0.4, 0.5) is 0 Å². The molecule has 0 atom stereocenters. The maximum absolute atomic E-state index is 5.83. The van der Waals surface area contributed by atoms with Crippen LogP contribution in [0.1, 0.15) is 11.1 Å². The highest BCUT2D eigenvalue weighted by atomic mass is 127. The van der Waals surface area contributed by atoms with E-state index in [4.69, 9.17) is 15.2 Å². The van der Waals surface area contributed by atoms with E-state index in [1.807, 2.05) is 42.5 Å². The van der Waals surface area contributed by atoms with Gasteiger partial charge < -0.3 is 20.5 Å². The fraction of sp³-hybridized carbons (Fsp3) is 0.316. The Labute approximate surface area is 166 Å². The molecule has 0 aliphatic carbocycles. The topological polar surface area (TPSA) is 68.9 Å². The predicted molar refractivity (Wildman–Crippen MR) is 113 cm³/mol. The van der Waals surface area contributed by atoms with Gasteiger partial charge in [0, 0.05) is 6.54 Å². The van der Waals surface area contributed by atoms with E-state index in [-0.39, 0.29) is 24.0 Å². The number of halogens is 1. The van der Waals surface area contributed by atoms with E-state index in [2.05, 4.69) is 22.4 Å². The zero-order valence-corrected chi connectivity index (χ0v) is 16.8. The predicted octanol–water partition coefficient (Wildman–Crippen LogP) is 2.98. The Bertz CT molecular complexity index is 618. The number of guanidine groups is 1. The Morgan fingerprint density at radius 1 is 1.04 bits per heavy atom. The number of hydrogen-bond acceptors (Lipinski definition) is 3. The number of nitrogens with two attached hydrogens (primary N) is 1. The lowest BCUT2D eigenvalue weighted by atomic mass is 10.1. The van der Waals surface area contributed by atoms with E-state index in [0.29, 0.717) is 25.7 Å². The average Bonchev–Trinajstić information content (AvgIpc) is 2.63. The molecule has 2 aromatic carbocycles. The number of rotatable bonds is 9. The van der Waals surface area contributed by atoms with Crippen LogP contribution in [0.3, 0.4) is 0 Å². The molecule has 0 unspecified atom stereocenters. The van der Waals surface area contributed by atoms with Crippen molar-refractivity contribution in [2.45, 2.75) is 13.0 Å². The van der Waals surface area contributed by atoms with Crippen molar-refractivity contribution in [1.29, 1.82) is 0 Å². The zero-order chi connectivity index (χ0) is 17.0. The smallest absolute Gasteiger partial charge is 0.188 e. The van der Waals surface area contributed by atoms with Gasteiger partial charge in [0.15, 0.2) is 5.96 Å². The van der Waals surface area contributed by atoms with Crippen LogP contribution in [0, 0.1) is 0 Å². The highest BCUT2D eigenvalue weighted by Crippen LogP contribution is 2.11. The van der Waals surface area contributed by atoms with Gasteiger partial charge in [-0.3, -0.25) is 4.99 Å². The van der Waals surface area contributed by atoms with Crippen LogP contribution in [-0.2, 0) is 17.8 Å². The van der Waals surface area contributed by atoms with E-state index in [1.54, 1.807) is 7.11 Å². The first-order valence-electron chi connectivity index (χ1n) is 8.06. The summed E-state index contributed by atoms with van der Waals surface area (Å²) in [6, 6.07) is 18.1. The number of nitrogens with zero attached hydrogens (tertiary/aromatic N) is 1. The number of methoxy groups -OCH3 is 1. The van der Waals surface area contributed by atoms with Crippen LogP contribution in [0.5, 0.6) is 5.75 Å². The van der Waals surface area contributed by atoms with Gasteiger partial charge in [0.25, 0.3) is 0 Å². The number of benzene rings is 2. The molecule has 6 heteroatoms. The van der Waals surface area contributed by atoms with Gasteiger partial charge in [-0.05, 0) is 29.7 Å². The van der Waals surface area contributed by atoms with Crippen molar-refractivity contribution in [1.82, 2.24) is 5.32 Å². The molecule has 0 fully saturated rings. The number of hydrogen-bond donors (Lipinski definition) is 2. The molecule has 2 rings (SSSR count). The van der Waals surface area contributed by atoms with Gasteiger partial charge in [-0.25, -0.2) is 0 Å². The highest BCUT2D eigenvalue weighted by Gasteiger charge is 1.96. The molecule has 0 spiro atoms. The highest BCUT2D eigenvalue weighted by molar-refractivity contribution is 14.0. The molecule has 0 saturated heterocycles. The number of nitrogens with one attached hydrogen (secondary N) is 1. The van der Waals surface area contributed by atoms with E-state index in [9.17, 15) is 0 Å². The van der Waals surface area contributed by atoms with Gasteiger partial charge in [-0.2, -0.15) is 0 Å². The van der Waals surface area contributed by atoms with E-state index in [1.165, 1.54) is 5.56 Å². The summed E-state index contributed by atoms with van der Waals surface area (Å²) in [4.78, 5) is 4.25. The molecule has 0 radical (unpaired) electrons. The summed E-state index contributed by atoms with van der Waals surface area (Å²) >= 11 is 0. The second-order valence-corrected chi connectivity index (χ2v) is 5.33. The van der Waals surface area contributed by atoms with Crippen LogP contribution < -0.4 is 15.8 Å². The molecule has 136 valence electrons. The van der Waals surface area contributed by atoms with Crippen molar-refractivity contribution < 1.29 is 9.47 Å². The molecule has 0 heterocycles. The maximum atomic E-state index is 5.83. The molecule has 2 aromatic rings. The SMILES string of the molecule is COc1ccc(COCCN=C(N)NCCc2ccccc2)cc1.I. The molecule has 0 aliphatic heterocycles. The normalized spacial score (nSPS) is 10.8. The third kappa shape index (κ3) is 8.74. The lowest BCUT2D eigenvalue weighted by molar-refractivity contribution is 0.128. The summed E-state index contributed by atoms with van der Waals surface area (Å²) in [6.07, 6.45) is 0.922. The molecular weight excluding hydrogens is 429 g/mol. The second kappa shape index (κ2) is 12.5. The fourth-order valence-corrected chi connectivity index (χ4v) is 2.18. The number of ether oxygens (including phenoxy) is 2. The number of aliphatic imine (C=N–C) groups is 1. The molecule has 0 aliphatic rings. The Hall–Kier alpha value is -1.80. The molecule has 0 saturated carbocycles. The molecule has 0 aromatic heterocycles. The Kier molecular flexibility index (Phi) is 10.7. The minimum Gasteiger partial charge on any atom is -0.497 e. The first-order valence-corrected chi connectivity index (χ1v) is 8.06. The summed E-state index contributed by atoms with van der Waals surface area (Å²) in [5.41, 5.74) is 8.22. The van der Waals surface area contributed by atoms with Crippen LogP contribution >= 0.6 is 24.0 Å². The lowest BCUT2D eigenvalue weighted by Gasteiger charge is -2.07. The summed E-state index contributed by atoms with van der Waals surface area (Å²) in [5.74, 6) is 1.30.